The van der Waals surface area contributed by atoms with Crippen LogP contribution in [0.3, 0.4) is 0 Å². The number of aliphatic hydroxyl groups is 1. The predicted octanol–water partition coefficient (Wildman–Crippen LogP) is 2.31. The van der Waals surface area contributed by atoms with Gasteiger partial charge >= 0.3 is 6.18 Å². The third-order valence-corrected chi connectivity index (χ3v) is 2.26. The van der Waals surface area contributed by atoms with E-state index in [1.54, 1.807) is 6.92 Å². The van der Waals surface area contributed by atoms with Crippen molar-refractivity contribution in [3.8, 4) is 0 Å². The van der Waals surface area contributed by atoms with Gasteiger partial charge in [0.1, 0.15) is 5.82 Å². The number of halogens is 4. The van der Waals surface area contributed by atoms with Crippen LogP contribution in [0.2, 0.25) is 0 Å². The summed E-state index contributed by atoms with van der Waals surface area (Å²) in [6.45, 7) is 1.71. The number of nitrogens with one attached hydrogen (secondary N) is 1. The zero-order valence-electron chi connectivity index (χ0n) is 9.18. The van der Waals surface area contributed by atoms with Crippen LogP contribution in [0.15, 0.2) is 18.2 Å². The normalized spacial score (nSPS) is 13.8. The molecule has 1 atom stereocenters. The van der Waals surface area contributed by atoms with E-state index in [1.807, 2.05) is 0 Å². The Morgan fingerprint density at radius 1 is 1.35 bits per heavy atom. The highest BCUT2D eigenvalue weighted by Crippen LogP contribution is 2.31. The Morgan fingerprint density at radius 2 is 2.00 bits per heavy atom. The van der Waals surface area contributed by atoms with Gasteiger partial charge in [0.2, 0.25) is 0 Å². The molecule has 0 aliphatic heterocycles. The summed E-state index contributed by atoms with van der Waals surface area (Å²) in [6, 6.07) is 2.62. The Morgan fingerprint density at radius 3 is 2.53 bits per heavy atom. The molecule has 1 aromatic carbocycles. The summed E-state index contributed by atoms with van der Waals surface area (Å²) in [7, 11) is 0. The van der Waals surface area contributed by atoms with Crippen molar-refractivity contribution in [2.75, 3.05) is 6.61 Å². The first-order valence-electron chi connectivity index (χ1n) is 5.04. The summed E-state index contributed by atoms with van der Waals surface area (Å²) >= 11 is 0. The molecule has 96 valence electrons. The molecule has 2 N–H and O–H groups in total. The first-order valence-corrected chi connectivity index (χ1v) is 5.04. The van der Waals surface area contributed by atoms with Crippen LogP contribution in [0, 0.1) is 5.82 Å². The van der Waals surface area contributed by atoms with Crippen LogP contribution in [0.4, 0.5) is 17.6 Å². The fourth-order valence-electron chi connectivity index (χ4n) is 1.26. The van der Waals surface area contributed by atoms with Gasteiger partial charge in [-0.3, -0.25) is 0 Å². The Hall–Kier alpha value is -1.14. The summed E-state index contributed by atoms with van der Waals surface area (Å²) in [5.74, 6) is -1.28. The van der Waals surface area contributed by atoms with Crippen molar-refractivity contribution < 1.29 is 22.7 Å². The zero-order valence-corrected chi connectivity index (χ0v) is 9.18. The molecule has 0 saturated heterocycles. The van der Waals surface area contributed by atoms with Crippen molar-refractivity contribution >= 4 is 0 Å². The first-order chi connectivity index (χ1) is 7.84. The lowest BCUT2D eigenvalue weighted by Crippen LogP contribution is -2.28. The van der Waals surface area contributed by atoms with E-state index >= 15 is 0 Å². The molecular formula is C11H13F4NO. The molecule has 0 bridgehead atoms. The monoisotopic (exact) mass is 251 g/mol. The van der Waals surface area contributed by atoms with E-state index in [1.165, 1.54) is 6.07 Å². The van der Waals surface area contributed by atoms with Crippen molar-refractivity contribution in [3.05, 3.63) is 35.1 Å². The fourth-order valence-corrected chi connectivity index (χ4v) is 1.26. The maximum absolute atomic E-state index is 13.0. The third-order valence-electron chi connectivity index (χ3n) is 2.26. The summed E-state index contributed by atoms with van der Waals surface area (Å²) in [5.41, 5.74) is -0.951. The van der Waals surface area contributed by atoms with Crippen LogP contribution in [-0.4, -0.2) is 17.8 Å². The van der Waals surface area contributed by atoms with Gasteiger partial charge in [-0.05, 0) is 24.6 Å². The van der Waals surface area contributed by atoms with Gasteiger partial charge in [0.05, 0.1) is 12.2 Å². The van der Waals surface area contributed by atoms with E-state index in [9.17, 15) is 17.6 Å². The predicted molar refractivity (Wildman–Crippen MR) is 54.8 cm³/mol. The van der Waals surface area contributed by atoms with Gasteiger partial charge in [-0.2, -0.15) is 13.2 Å². The molecule has 0 saturated carbocycles. The van der Waals surface area contributed by atoms with Gasteiger partial charge in [-0.15, -0.1) is 0 Å². The maximum Gasteiger partial charge on any atom is 0.419 e. The molecule has 0 amide bonds. The second-order valence-electron chi connectivity index (χ2n) is 3.78. The number of benzene rings is 1. The number of hydrogen-bond acceptors (Lipinski definition) is 2. The van der Waals surface area contributed by atoms with E-state index in [0.29, 0.717) is 5.56 Å². The minimum Gasteiger partial charge on any atom is -0.395 e. The smallest absolute Gasteiger partial charge is 0.395 e. The molecule has 6 heteroatoms. The zero-order chi connectivity index (χ0) is 13.1. The third kappa shape index (κ3) is 3.98. The van der Waals surface area contributed by atoms with E-state index in [0.717, 1.165) is 12.1 Å². The van der Waals surface area contributed by atoms with Gasteiger partial charge in [0, 0.05) is 12.6 Å². The first kappa shape index (κ1) is 13.9. The number of alkyl halides is 3. The largest absolute Gasteiger partial charge is 0.419 e. The highest BCUT2D eigenvalue weighted by Gasteiger charge is 2.34. The quantitative estimate of drug-likeness (QED) is 0.805. The minimum atomic E-state index is -4.69. The molecule has 0 fully saturated rings. The van der Waals surface area contributed by atoms with Gasteiger partial charge in [-0.1, -0.05) is 6.07 Å². The van der Waals surface area contributed by atoms with Crippen molar-refractivity contribution in [2.24, 2.45) is 0 Å². The minimum absolute atomic E-state index is 0.118. The van der Waals surface area contributed by atoms with Crippen LogP contribution in [0.25, 0.3) is 0 Å². The average Bonchev–Trinajstić information content (AvgIpc) is 2.26. The summed E-state index contributed by atoms with van der Waals surface area (Å²) in [4.78, 5) is 0. The van der Waals surface area contributed by atoms with Crippen molar-refractivity contribution in [1.82, 2.24) is 5.32 Å². The Bertz CT molecular complexity index is 378. The van der Waals surface area contributed by atoms with Gasteiger partial charge < -0.3 is 10.4 Å². The Kier molecular flexibility index (Phi) is 4.47. The molecule has 0 aliphatic carbocycles. The molecule has 1 rings (SSSR count). The summed E-state index contributed by atoms with van der Waals surface area (Å²) < 4.78 is 50.1. The molecular weight excluding hydrogens is 238 g/mol. The second-order valence-corrected chi connectivity index (χ2v) is 3.78. The van der Waals surface area contributed by atoms with Gasteiger partial charge in [0.15, 0.2) is 0 Å². The number of rotatable bonds is 4. The van der Waals surface area contributed by atoms with E-state index in [4.69, 9.17) is 5.11 Å². The van der Waals surface area contributed by atoms with Crippen LogP contribution >= 0.6 is 0 Å². The van der Waals surface area contributed by atoms with E-state index in [2.05, 4.69) is 5.32 Å². The molecule has 1 aromatic rings. The lowest BCUT2D eigenvalue weighted by atomic mass is 10.1. The highest BCUT2D eigenvalue weighted by atomic mass is 19.4. The molecule has 0 aliphatic rings. The topological polar surface area (TPSA) is 32.3 Å². The van der Waals surface area contributed by atoms with Crippen LogP contribution in [0.5, 0.6) is 0 Å². The summed E-state index contributed by atoms with van der Waals surface area (Å²) in [5, 5.41) is 11.5. The van der Waals surface area contributed by atoms with E-state index in [-0.39, 0.29) is 19.2 Å². The van der Waals surface area contributed by atoms with Crippen LogP contribution in [-0.2, 0) is 12.7 Å². The van der Waals surface area contributed by atoms with Crippen LogP contribution < -0.4 is 5.32 Å². The molecule has 0 radical (unpaired) electrons. The molecule has 0 aromatic heterocycles. The summed E-state index contributed by atoms with van der Waals surface area (Å²) in [6.07, 6.45) is -4.69. The van der Waals surface area contributed by atoms with Gasteiger partial charge in [-0.25, -0.2) is 4.39 Å². The van der Waals surface area contributed by atoms with Crippen molar-refractivity contribution in [2.45, 2.75) is 25.7 Å². The molecule has 1 unspecified atom stereocenters. The van der Waals surface area contributed by atoms with E-state index < -0.39 is 17.6 Å². The molecule has 17 heavy (non-hydrogen) atoms. The SMILES string of the molecule is CC(CO)NCc1ccc(F)c(C(F)(F)F)c1. The fraction of sp³-hybridized carbons (Fsp3) is 0.455. The lowest BCUT2D eigenvalue weighted by molar-refractivity contribution is -0.140. The molecule has 0 heterocycles. The standard InChI is InChI=1S/C11H13F4NO/c1-7(6-17)16-5-8-2-3-10(12)9(4-8)11(13,14)15/h2-4,7,16-17H,5-6H2,1H3. The maximum atomic E-state index is 13.0. The second kappa shape index (κ2) is 5.46. The van der Waals surface area contributed by atoms with Gasteiger partial charge in [0.25, 0.3) is 0 Å². The molecule has 0 spiro atoms. The Balaban J connectivity index is 2.82. The van der Waals surface area contributed by atoms with Crippen LogP contribution in [0.1, 0.15) is 18.1 Å². The Labute approximate surface area is 96.3 Å². The number of aliphatic hydroxyl groups excluding tert-OH is 1. The number of hydrogen-bond donors (Lipinski definition) is 2. The highest BCUT2D eigenvalue weighted by molar-refractivity contribution is 5.27. The lowest BCUT2D eigenvalue weighted by Gasteiger charge is -2.13. The average molecular weight is 251 g/mol. The van der Waals surface area contributed by atoms with Crippen molar-refractivity contribution in [1.29, 1.82) is 0 Å². The molecule has 2 nitrogen and oxygen atoms in total. The van der Waals surface area contributed by atoms with Crippen molar-refractivity contribution in [3.63, 3.8) is 0 Å².